The van der Waals surface area contributed by atoms with Crippen molar-refractivity contribution in [3.63, 3.8) is 0 Å². The molecule has 0 aliphatic carbocycles. The summed E-state index contributed by atoms with van der Waals surface area (Å²) in [6.07, 6.45) is 7.94. The van der Waals surface area contributed by atoms with E-state index in [1.807, 2.05) is 6.26 Å². The number of hydrogen-bond donors (Lipinski definition) is 0. The van der Waals surface area contributed by atoms with Gasteiger partial charge in [-0.2, -0.15) is 4.36 Å². The van der Waals surface area contributed by atoms with Crippen LogP contribution in [0.25, 0.3) is 16.9 Å². The number of allylic oxidation sites excluding steroid dienone is 1. The summed E-state index contributed by atoms with van der Waals surface area (Å²) in [6.45, 7) is 3.95. The predicted octanol–water partition coefficient (Wildman–Crippen LogP) is 2.90. The summed E-state index contributed by atoms with van der Waals surface area (Å²) in [5.41, 5.74) is 0.151. The van der Waals surface area contributed by atoms with E-state index in [0.717, 1.165) is 0 Å². The number of rotatable bonds is 5. The van der Waals surface area contributed by atoms with Crippen molar-refractivity contribution >= 4 is 49.9 Å². The highest BCUT2D eigenvalue weighted by Gasteiger charge is 2.18. The summed E-state index contributed by atoms with van der Waals surface area (Å²) in [5, 5.41) is 1.15. The average Bonchev–Trinajstić information content (AvgIpc) is 2.88. The highest BCUT2D eigenvalue weighted by molar-refractivity contribution is 7.98. The number of nitrogens with zero attached hydrogens (tertiary/aromatic N) is 6. The lowest BCUT2D eigenvalue weighted by Gasteiger charge is -2.11. The molecule has 0 bridgehead atoms. The van der Waals surface area contributed by atoms with Gasteiger partial charge in [0, 0.05) is 28.4 Å². The molecule has 0 amide bonds. The summed E-state index contributed by atoms with van der Waals surface area (Å²) < 4.78 is 19.2. The van der Waals surface area contributed by atoms with Gasteiger partial charge in [-0.15, -0.1) is 6.58 Å². The molecule has 0 saturated carbocycles. The molecule has 3 rings (SSSR count). The molecule has 11 heteroatoms. The van der Waals surface area contributed by atoms with Crippen molar-refractivity contribution < 1.29 is 4.21 Å². The molecule has 0 unspecified atom stereocenters. The quantitative estimate of drug-likeness (QED) is 0.355. The minimum absolute atomic E-state index is 0.141. The average molecular weight is 425 g/mol. The van der Waals surface area contributed by atoms with Crippen molar-refractivity contribution in [3.05, 3.63) is 46.4 Å². The maximum absolute atomic E-state index is 12.8. The Balaban J connectivity index is 2.38. The maximum Gasteiger partial charge on any atom is 0.278 e. The van der Waals surface area contributed by atoms with Gasteiger partial charge in [0.1, 0.15) is 5.39 Å². The van der Waals surface area contributed by atoms with Crippen LogP contribution in [0.15, 0.2) is 45.3 Å². The van der Waals surface area contributed by atoms with E-state index in [-0.39, 0.29) is 22.9 Å². The summed E-state index contributed by atoms with van der Waals surface area (Å²) in [7, 11) is -2.46. The third-order valence-electron chi connectivity index (χ3n) is 3.47. The summed E-state index contributed by atoms with van der Waals surface area (Å²) >= 11 is 7.52. The zero-order chi connectivity index (χ0) is 19.8. The lowest BCUT2D eigenvalue weighted by molar-refractivity contribution is 0.596. The maximum atomic E-state index is 12.8. The fraction of sp³-hybridized carbons (Fsp3) is 0.250. The van der Waals surface area contributed by atoms with Crippen LogP contribution >= 0.6 is 23.4 Å². The highest BCUT2D eigenvalue weighted by atomic mass is 35.5. The molecule has 0 atom stereocenters. The molecule has 8 nitrogen and oxygen atoms in total. The van der Waals surface area contributed by atoms with E-state index in [1.165, 1.54) is 35.2 Å². The van der Waals surface area contributed by atoms with E-state index in [0.29, 0.717) is 22.0 Å². The van der Waals surface area contributed by atoms with Crippen LogP contribution < -0.4 is 5.56 Å². The second-order valence-corrected chi connectivity index (χ2v) is 9.55. The van der Waals surface area contributed by atoms with Gasteiger partial charge in [-0.05, 0) is 18.4 Å². The van der Waals surface area contributed by atoms with E-state index < -0.39 is 9.73 Å². The number of hydrogen-bond acceptors (Lipinski definition) is 7. The SMILES string of the molecule is C=CCn1c(=O)c2cnc(SC)nc2n1-c1ccc(Cl)c(N=S(C)(C)=O)n1. The van der Waals surface area contributed by atoms with Crippen molar-refractivity contribution in [1.82, 2.24) is 24.3 Å². The molecule has 0 radical (unpaired) electrons. The lowest BCUT2D eigenvalue weighted by Crippen LogP contribution is -2.22. The fourth-order valence-corrected chi connectivity index (χ4v) is 3.53. The Morgan fingerprint density at radius 1 is 1.37 bits per heavy atom. The van der Waals surface area contributed by atoms with Gasteiger partial charge in [0.2, 0.25) is 0 Å². The zero-order valence-electron chi connectivity index (χ0n) is 14.9. The van der Waals surface area contributed by atoms with Crippen LogP contribution in [0.4, 0.5) is 5.82 Å². The van der Waals surface area contributed by atoms with Gasteiger partial charge < -0.3 is 0 Å². The van der Waals surface area contributed by atoms with Crippen molar-refractivity contribution in [2.45, 2.75) is 11.7 Å². The van der Waals surface area contributed by atoms with Gasteiger partial charge in [-0.3, -0.25) is 4.79 Å². The number of halogens is 1. The Labute approximate surface area is 165 Å². The van der Waals surface area contributed by atoms with Gasteiger partial charge in [0.05, 0.1) is 11.6 Å². The molecule has 3 aromatic rings. The summed E-state index contributed by atoms with van der Waals surface area (Å²) in [5.74, 6) is 0.518. The van der Waals surface area contributed by atoms with E-state index in [2.05, 4.69) is 25.9 Å². The van der Waals surface area contributed by atoms with E-state index in [9.17, 15) is 9.00 Å². The molecule has 3 aromatic heterocycles. The number of thioether (sulfide) groups is 1. The van der Waals surface area contributed by atoms with Crippen molar-refractivity contribution in [2.24, 2.45) is 4.36 Å². The van der Waals surface area contributed by atoms with Crippen molar-refractivity contribution in [2.75, 3.05) is 18.8 Å². The molecule has 142 valence electrons. The van der Waals surface area contributed by atoms with Crippen LogP contribution in [-0.2, 0) is 16.3 Å². The predicted molar refractivity (Wildman–Crippen MR) is 110 cm³/mol. The van der Waals surface area contributed by atoms with Gasteiger partial charge in [0.15, 0.2) is 22.4 Å². The number of pyridine rings is 1. The second-order valence-electron chi connectivity index (χ2n) is 5.83. The van der Waals surface area contributed by atoms with Crippen LogP contribution in [0, 0.1) is 0 Å². The van der Waals surface area contributed by atoms with Crippen LogP contribution in [0.3, 0.4) is 0 Å². The molecule has 0 aliphatic rings. The van der Waals surface area contributed by atoms with Crippen molar-refractivity contribution in [1.29, 1.82) is 0 Å². The first-order chi connectivity index (χ1) is 12.7. The minimum atomic E-state index is -2.46. The van der Waals surface area contributed by atoms with E-state index in [1.54, 1.807) is 22.9 Å². The molecular formula is C16H17ClN6O2S2. The largest absolute Gasteiger partial charge is 0.278 e. The molecule has 27 heavy (non-hydrogen) atoms. The minimum Gasteiger partial charge on any atom is -0.267 e. The Hall–Kier alpha value is -2.17. The molecule has 0 spiro atoms. The summed E-state index contributed by atoms with van der Waals surface area (Å²) in [6, 6.07) is 3.24. The molecule has 0 N–H and O–H groups in total. The first-order valence-electron chi connectivity index (χ1n) is 7.72. The third kappa shape index (κ3) is 3.92. The molecule has 0 saturated heterocycles. The highest BCUT2D eigenvalue weighted by Crippen LogP contribution is 2.26. The topological polar surface area (TPSA) is 95.0 Å². The molecule has 3 heterocycles. The van der Waals surface area contributed by atoms with Crippen molar-refractivity contribution in [3.8, 4) is 5.82 Å². The van der Waals surface area contributed by atoms with E-state index >= 15 is 0 Å². The lowest BCUT2D eigenvalue weighted by atomic mass is 10.4. The normalized spacial score (nSPS) is 11.7. The summed E-state index contributed by atoms with van der Waals surface area (Å²) in [4.78, 5) is 25.8. The third-order valence-corrected chi connectivity index (χ3v) is 4.94. The van der Waals surface area contributed by atoms with Crippen LogP contribution in [0.1, 0.15) is 0 Å². The van der Waals surface area contributed by atoms with Crippen LogP contribution in [0.5, 0.6) is 0 Å². The van der Waals surface area contributed by atoms with Crippen LogP contribution in [0.2, 0.25) is 5.02 Å². The van der Waals surface area contributed by atoms with Crippen LogP contribution in [-0.4, -0.2) is 47.3 Å². The smallest absolute Gasteiger partial charge is 0.267 e. The van der Waals surface area contributed by atoms with Gasteiger partial charge >= 0.3 is 0 Å². The zero-order valence-corrected chi connectivity index (χ0v) is 17.3. The number of aromatic nitrogens is 5. The number of fused-ring (bicyclic) bond motifs is 1. The molecule has 0 aromatic carbocycles. The standard InChI is InChI=1S/C16H17ClN6O2S2/c1-5-8-22-15(24)10-9-18-16(26-2)20-14(10)23(22)12-7-6-11(17)13(19-12)21-27(3,4)25/h5-7,9H,1,8H2,2-4H3. The monoisotopic (exact) mass is 424 g/mol. The molecule has 0 aliphatic heterocycles. The Morgan fingerprint density at radius 2 is 2.11 bits per heavy atom. The second kappa shape index (κ2) is 7.45. The van der Waals surface area contributed by atoms with Gasteiger partial charge in [0.25, 0.3) is 5.56 Å². The Bertz CT molecular complexity index is 1220. The van der Waals surface area contributed by atoms with Gasteiger partial charge in [-0.1, -0.05) is 29.4 Å². The van der Waals surface area contributed by atoms with Gasteiger partial charge in [-0.25, -0.2) is 28.5 Å². The first-order valence-corrected chi connectivity index (χ1v) is 11.7. The Morgan fingerprint density at radius 3 is 2.74 bits per heavy atom. The molecule has 0 fully saturated rings. The fourth-order valence-electron chi connectivity index (χ4n) is 2.44. The molecular weight excluding hydrogens is 408 g/mol. The first kappa shape index (κ1) is 19.6. The Kier molecular flexibility index (Phi) is 5.41. The van der Waals surface area contributed by atoms with E-state index in [4.69, 9.17) is 11.6 Å².